The summed E-state index contributed by atoms with van der Waals surface area (Å²) in [5, 5.41) is 19.9. The average Bonchev–Trinajstić information content (AvgIpc) is 3.07. The molecule has 158 valence electrons. The van der Waals surface area contributed by atoms with E-state index in [4.69, 9.17) is 16.7 Å². The van der Waals surface area contributed by atoms with Crippen molar-refractivity contribution >= 4 is 28.5 Å². The minimum Gasteiger partial charge on any atom is -0.507 e. The van der Waals surface area contributed by atoms with Gasteiger partial charge in [0.05, 0.1) is 11.1 Å². The lowest BCUT2D eigenvalue weighted by atomic mass is 9.99. The quantitative estimate of drug-likeness (QED) is 0.387. The summed E-state index contributed by atoms with van der Waals surface area (Å²) in [7, 11) is 0. The van der Waals surface area contributed by atoms with Gasteiger partial charge in [-0.05, 0) is 41.5 Å². The van der Waals surface area contributed by atoms with Gasteiger partial charge in [0.25, 0.3) is 0 Å². The molecule has 0 bridgehead atoms. The number of fused-ring (bicyclic) bond motifs is 1. The predicted molar refractivity (Wildman–Crippen MR) is 111 cm³/mol. The topological polar surface area (TPSA) is 62.5 Å². The molecule has 3 aromatic carbocycles. The van der Waals surface area contributed by atoms with E-state index in [0.717, 1.165) is 11.5 Å². The highest BCUT2D eigenvalue weighted by molar-refractivity contribution is 6.31. The van der Waals surface area contributed by atoms with E-state index in [1.807, 2.05) is 0 Å². The first-order valence-electron chi connectivity index (χ1n) is 9.17. The molecule has 0 fully saturated rings. The van der Waals surface area contributed by atoms with Crippen LogP contribution in [0.2, 0.25) is 5.02 Å². The molecule has 0 aliphatic carbocycles. The smallest absolute Gasteiger partial charge is 0.416 e. The van der Waals surface area contributed by atoms with Gasteiger partial charge in [-0.3, -0.25) is 0 Å². The fourth-order valence-corrected chi connectivity index (χ4v) is 3.89. The van der Waals surface area contributed by atoms with E-state index < -0.39 is 23.5 Å². The maximum Gasteiger partial charge on any atom is 0.416 e. The molecule has 8 heteroatoms. The van der Waals surface area contributed by atoms with E-state index >= 15 is 0 Å². The zero-order chi connectivity index (χ0) is 22.3. The maximum atomic E-state index is 13.5. The van der Waals surface area contributed by atoms with Crippen LogP contribution < -0.4 is 0 Å². The number of hydrogen-bond donors (Lipinski definition) is 2. The number of carboxylic acid groups (broad SMARTS) is 1. The Kier molecular flexibility index (Phi) is 5.15. The van der Waals surface area contributed by atoms with Crippen molar-refractivity contribution in [3.8, 4) is 11.4 Å². The van der Waals surface area contributed by atoms with Gasteiger partial charge in [-0.15, -0.1) is 0 Å². The highest BCUT2D eigenvalue weighted by Gasteiger charge is 2.34. The van der Waals surface area contributed by atoms with Crippen LogP contribution in [0.5, 0.6) is 5.75 Å². The van der Waals surface area contributed by atoms with Gasteiger partial charge in [-0.25, -0.2) is 4.79 Å². The summed E-state index contributed by atoms with van der Waals surface area (Å²) in [5.41, 5.74) is 0.715. The summed E-state index contributed by atoms with van der Waals surface area (Å²) < 4.78 is 42.3. The molecule has 0 saturated carbocycles. The number of benzene rings is 3. The first-order valence-corrected chi connectivity index (χ1v) is 9.55. The molecule has 2 N–H and O–H groups in total. The lowest BCUT2D eigenvalue weighted by molar-refractivity contribution is -0.138. The molecule has 0 aliphatic heterocycles. The number of carboxylic acids is 1. The van der Waals surface area contributed by atoms with Crippen molar-refractivity contribution in [2.24, 2.45) is 0 Å². The molecular formula is C23H15ClF3NO3. The lowest BCUT2D eigenvalue weighted by Crippen LogP contribution is -2.10. The van der Waals surface area contributed by atoms with Gasteiger partial charge in [-0.1, -0.05) is 35.9 Å². The fraction of sp³-hybridized carbons (Fsp3) is 0.0870. The van der Waals surface area contributed by atoms with Crippen LogP contribution >= 0.6 is 11.6 Å². The highest BCUT2D eigenvalue weighted by atomic mass is 35.5. The third kappa shape index (κ3) is 3.84. The number of phenols is 1. The van der Waals surface area contributed by atoms with E-state index in [-0.39, 0.29) is 22.6 Å². The molecule has 31 heavy (non-hydrogen) atoms. The normalized spacial score (nSPS) is 11.7. The van der Waals surface area contributed by atoms with Crippen LogP contribution in [0.15, 0.2) is 66.9 Å². The van der Waals surface area contributed by atoms with Crippen molar-refractivity contribution in [1.82, 2.24) is 4.57 Å². The van der Waals surface area contributed by atoms with Crippen molar-refractivity contribution in [3.05, 3.63) is 94.1 Å². The molecule has 0 atom stereocenters. The number of para-hydroxylation sites is 1. The number of aromatic nitrogens is 1. The third-order valence-corrected chi connectivity index (χ3v) is 5.43. The van der Waals surface area contributed by atoms with Crippen LogP contribution in [0.1, 0.15) is 27.0 Å². The molecule has 0 amide bonds. The minimum atomic E-state index is -4.54. The summed E-state index contributed by atoms with van der Waals surface area (Å²) in [4.78, 5) is 11.2. The van der Waals surface area contributed by atoms with E-state index in [9.17, 15) is 23.1 Å². The lowest BCUT2D eigenvalue weighted by Gasteiger charge is -2.14. The molecule has 4 rings (SSSR count). The molecule has 0 saturated heterocycles. The van der Waals surface area contributed by atoms with Gasteiger partial charge in [0.15, 0.2) is 0 Å². The van der Waals surface area contributed by atoms with E-state index in [1.54, 1.807) is 35.0 Å². The van der Waals surface area contributed by atoms with Gasteiger partial charge in [0.2, 0.25) is 0 Å². The van der Waals surface area contributed by atoms with Gasteiger partial charge >= 0.3 is 12.1 Å². The van der Waals surface area contributed by atoms with Crippen LogP contribution in [0.4, 0.5) is 13.2 Å². The monoisotopic (exact) mass is 445 g/mol. The molecule has 4 aromatic rings. The van der Waals surface area contributed by atoms with Gasteiger partial charge in [-0.2, -0.15) is 13.2 Å². The Morgan fingerprint density at radius 1 is 1.03 bits per heavy atom. The molecule has 0 unspecified atom stereocenters. The van der Waals surface area contributed by atoms with E-state index in [0.29, 0.717) is 16.8 Å². The van der Waals surface area contributed by atoms with E-state index in [1.165, 1.54) is 30.3 Å². The predicted octanol–water partition coefficient (Wildman–Crippen LogP) is 6.30. The molecule has 1 aromatic heterocycles. The summed E-state index contributed by atoms with van der Waals surface area (Å²) in [6, 6.07) is 14.9. The Labute approximate surface area is 179 Å². The SMILES string of the molecule is O=C(O)c1ccc(-n2cc(Cc3c(Cl)cccc3C(F)(F)F)c3ccccc32)cc1O. The van der Waals surface area contributed by atoms with Crippen molar-refractivity contribution < 1.29 is 28.2 Å². The van der Waals surface area contributed by atoms with Gasteiger partial charge in [0.1, 0.15) is 11.3 Å². The number of nitrogens with zero attached hydrogens (tertiary/aromatic N) is 1. The number of hydrogen-bond acceptors (Lipinski definition) is 2. The fourth-order valence-electron chi connectivity index (χ4n) is 3.65. The molecule has 0 radical (unpaired) electrons. The van der Waals surface area contributed by atoms with Gasteiger partial charge in [0, 0.05) is 34.8 Å². The van der Waals surface area contributed by atoms with E-state index in [2.05, 4.69) is 0 Å². The maximum absolute atomic E-state index is 13.5. The second kappa shape index (κ2) is 7.67. The zero-order valence-electron chi connectivity index (χ0n) is 15.8. The number of carbonyl (C=O) groups is 1. The average molecular weight is 446 g/mol. The molecule has 4 nitrogen and oxygen atoms in total. The van der Waals surface area contributed by atoms with Crippen molar-refractivity contribution in [3.63, 3.8) is 0 Å². The molecular weight excluding hydrogens is 431 g/mol. The second-order valence-corrected chi connectivity index (χ2v) is 7.40. The Balaban J connectivity index is 1.87. The minimum absolute atomic E-state index is 0.0233. The van der Waals surface area contributed by atoms with Crippen molar-refractivity contribution in [2.75, 3.05) is 0 Å². The first-order chi connectivity index (χ1) is 14.7. The Morgan fingerprint density at radius 3 is 2.45 bits per heavy atom. The highest BCUT2D eigenvalue weighted by Crippen LogP contribution is 2.37. The number of halogens is 4. The number of rotatable bonds is 4. The van der Waals surface area contributed by atoms with Gasteiger partial charge < -0.3 is 14.8 Å². The number of alkyl halides is 3. The summed E-state index contributed by atoms with van der Waals surface area (Å²) in [5.74, 6) is -1.67. The van der Waals surface area contributed by atoms with Crippen molar-refractivity contribution in [1.29, 1.82) is 0 Å². The van der Waals surface area contributed by atoms with Crippen LogP contribution in [0.25, 0.3) is 16.6 Å². The molecule has 0 spiro atoms. The second-order valence-electron chi connectivity index (χ2n) is 6.99. The molecule has 0 aliphatic rings. The zero-order valence-corrected chi connectivity index (χ0v) is 16.6. The van der Waals surface area contributed by atoms with Crippen LogP contribution in [0.3, 0.4) is 0 Å². The largest absolute Gasteiger partial charge is 0.507 e. The van der Waals surface area contributed by atoms with Crippen molar-refractivity contribution in [2.45, 2.75) is 12.6 Å². The summed E-state index contributed by atoms with van der Waals surface area (Å²) in [6.45, 7) is 0. The summed E-state index contributed by atoms with van der Waals surface area (Å²) >= 11 is 6.13. The number of aromatic carboxylic acids is 1. The standard InChI is InChI=1S/C23H15ClF3NO3/c24-19-6-3-5-18(23(25,26)27)17(19)10-13-12-28(20-7-2-1-4-15(13)20)14-8-9-16(22(30)31)21(29)11-14/h1-9,11-12,29H,10H2,(H,30,31). The third-order valence-electron chi connectivity index (χ3n) is 5.08. The van der Waals surface area contributed by atoms with Crippen LogP contribution in [-0.2, 0) is 12.6 Å². The Morgan fingerprint density at radius 2 is 1.77 bits per heavy atom. The number of aromatic hydroxyl groups is 1. The summed E-state index contributed by atoms with van der Waals surface area (Å²) in [6.07, 6.45) is -2.93. The Hall–Kier alpha value is -3.45. The van der Waals surface area contributed by atoms with Crippen LogP contribution in [-0.4, -0.2) is 20.7 Å². The Bertz CT molecular complexity index is 1310. The molecule has 1 heterocycles. The van der Waals surface area contributed by atoms with Crippen LogP contribution in [0, 0.1) is 0 Å². The first kappa shape index (κ1) is 20.8.